The number of benzene rings is 1. The predicted molar refractivity (Wildman–Crippen MR) is 180 cm³/mol. The van der Waals surface area contributed by atoms with Crippen molar-refractivity contribution in [2.45, 2.75) is 105 Å². The number of nitrogens with zero attached hydrogens (tertiary/aromatic N) is 4. The van der Waals surface area contributed by atoms with Crippen molar-refractivity contribution in [1.82, 2.24) is 19.5 Å². The van der Waals surface area contributed by atoms with Crippen LogP contribution in [0.3, 0.4) is 0 Å². The summed E-state index contributed by atoms with van der Waals surface area (Å²) in [6.45, 7) is 17.1. The second kappa shape index (κ2) is 14.3. The zero-order chi connectivity index (χ0) is 36.4. The van der Waals surface area contributed by atoms with Crippen molar-refractivity contribution in [3.05, 3.63) is 41.0 Å². The van der Waals surface area contributed by atoms with Gasteiger partial charge >= 0.3 is 17.9 Å². The Balaban J connectivity index is 1.64. The van der Waals surface area contributed by atoms with Crippen molar-refractivity contribution >= 4 is 40.8 Å². The molecule has 3 aromatic rings. The third kappa shape index (κ3) is 8.08. The molecule has 0 aliphatic carbocycles. The summed E-state index contributed by atoms with van der Waals surface area (Å²) >= 11 is 0. The number of carbonyl (C=O) groups is 4. The molecule has 1 aliphatic heterocycles. The van der Waals surface area contributed by atoms with Crippen LogP contribution < -0.4 is 10.1 Å². The molecule has 13 heteroatoms. The molecular formula is C36H45N5O8. The highest BCUT2D eigenvalue weighted by molar-refractivity contribution is 5.97. The van der Waals surface area contributed by atoms with E-state index in [1.165, 1.54) is 13.3 Å². The lowest BCUT2D eigenvalue weighted by Crippen LogP contribution is -2.46. The van der Waals surface area contributed by atoms with Gasteiger partial charge < -0.3 is 24.3 Å². The van der Waals surface area contributed by atoms with Gasteiger partial charge in [0.2, 0.25) is 11.5 Å². The number of ether oxygens (including phenoxy) is 4. The molecule has 1 aliphatic rings. The number of amides is 1. The van der Waals surface area contributed by atoms with E-state index in [4.69, 9.17) is 25.4 Å². The number of hydrogen-bond donors (Lipinski definition) is 1. The van der Waals surface area contributed by atoms with Gasteiger partial charge in [0.15, 0.2) is 17.0 Å². The first-order valence-electron chi connectivity index (χ1n) is 16.2. The van der Waals surface area contributed by atoms with Crippen molar-refractivity contribution in [2.24, 2.45) is 11.8 Å². The number of nitrogens with one attached hydrogen (secondary N) is 1. The monoisotopic (exact) mass is 675 g/mol. The van der Waals surface area contributed by atoms with Crippen LogP contribution in [-0.4, -0.2) is 61.6 Å². The second-order valence-corrected chi connectivity index (χ2v) is 13.8. The molecule has 3 heterocycles. The highest BCUT2D eigenvalue weighted by Gasteiger charge is 2.52. The van der Waals surface area contributed by atoms with E-state index in [0.717, 1.165) is 16.7 Å². The molecule has 0 unspecified atom stereocenters. The van der Waals surface area contributed by atoms with Crippen molar-refractivity contribution in [3.63, 3.8) is 0 Å². The Morgan fingerprint density at radius 1 is 1.10 bits per heavy atom. The van der Waals surface area contributed by atoms with Crippen LogP contribution in [0.15, 0.2) is 18.5 Å². The quantitative estimate of drug-likeness (QED) is 0.165. The number of terminal acetylenes is 1. The third-order valence-corrected chi connectivity index (χ3v) is 8.23. The Bertz CT molecular complexity index is 1820. The van der Waals surface area contributed by atoms with Crippen molar-refractivity contribution < 1.29 is 38.1 Å². The predicted octanol–water partition coefficient (Wildman–Crippen LogP) is 5.04. The number of hydrogen-bond acceptors (Lipinski definition) is 11. The van der Waals surface area contributed by atoms with Gasteiger partial charge in [0, 0.05) is 30.7 Å². The van der Waals surface area contributed by atoms with Gasteiger partial charge in [0.05, 0.1) is 18.2 Å². The van der Waals surface area contributed by atoms with Crippen molar-refractivity contribution in [3.8, 4) is 18.1 Å². The fourth-order valence-corrected chi connectivity index (χ4v) is 5.99. The second-order valence-electron chi connectivity index (χ2n) is 13.8. The van der Waals surface area contributed by atoms with E-state index in [-0.39, 0.29) is 31.2 Å². The van der Waals surface area contributed by atoms with Crippen LogP contribution in [0.4, 0.5) is 5.82 Å². The van der Waals surface area contributed by atoms with Crippen LogP contribution in [0.5, 0.6) is 5.75 Å². The average Bonchev–Trinajstić information content (AvgIpc) is 3.56. The van der Waals surface area contributed by atoms with Crippen molar-refractivity contribution in [2.75, 3.05) is 11.9 Å². The molecule has 0 saturated carbocycles. The van der Waals surface area contributed by atoms with Gasteiger partial charge in [-0.1, -0.05) is 53.5 Å². The number of anilines is 1. The first-order chi connectivity index (χ1) is 22.9. The molecule has 4 rings (SSSR count). The van der Waals surface area contributed by atoms with Crippen LogP contribution in [0, 0.1) is 45.0 Å². The standard InChI is InChI=1S/C36H45N5O8/c1-12-36(17-46-33(44)19(2)3)26(48-34(45)20(4)5)15-28(49-36)41-18-37-30-31(38-23(8)39-32(30)41)40-27(43)16-35(10,11)29-22(7)13-21(6)14-25(29)47-24(9)42/h1,13-14,18-20,26,28H,15-17H2,2-11H3,(H,38,39,40,43)/t26-,28+,36+/m0/s1. The fraction of sp³-hybridized carbons (Fsp3) is 0.528. The number of rotatable bonds is 11. The van der Waals surface area contributed by atoms with E-state index < -0.39 is 53.1 Å². The maximum absolute atomic E-state index is 13.6. The molecule has 1 saturated heterocycles. The van der Waals surface area contributed by atoms with Gasteiger partial charge in [-0.15, -0.1) is 6.42 Å². The van der Waals surface area contributed by atoms with Crippen LogP contribution in [0.25, 0.3) is 11.2 Å². The summed E-state index contributed by atoms with van der Waals surface area (Å²) in [6.07, 6.45) is 5.84. The summed E-state index contributed by atoms with van der Waals surface area (Å²) in [5.41, 5.74) is 0.916. The molecule has 49 heavy (non-hydrogen) atoms. The molecule has 2 aromatic heterocycles. The lowest BCUT2D eigenvalue weighted by Gasteiger charge is -2.29. The molecule has 0 bridgehead atoms. The molecule has 13 nitrogen and oxygen atoms in total. The maximum atomic E-state index is 13.6. The smallest absolute Gasteiger partial charge is 0.308 e. The van der Waals surface area contributed by atoms with Gasteiger partial charge in [0.1, 0.15) is 30.5 Å². The molecule has 0 spiro atoms. The van der Waals surface area contributed by atoms with Crippen LogP contribution in [0.2, 0.25) is 0 Å². The van der Waals surface area contributed by atoms with E-state index in [2.05, 4.69) is 26.2 Å². The highest BCUT2D eigenvalue weighted by Crippen LogP contribution is 2.41. The van der Waals surface area contributed by atoms with Gasteiger partial charge in [-0.2, -0.15) is 0 Å². The molecular weight excluding hydrogens is 630 g/mol. The summed E-state index contributed by atoms with van der Waals surface area (Å²) < 4.78 is 24.8. The Morgan fingerprint density at radius 2 is 1.78 bits per heavy atom. The van der Waals surface area contributed by atoms with E-state index in [1.807, 2.05) is 33.8 Å². The lowest BCUT2D eigenvalue weighted by atomic mass is 9.78. The molecule has 1 N–H and O–H groups in total. The fourth-order valence-electron chi connectivity index (χ4n) is 5.99. The number of esters is 3. The third-order valence-electron chi connectivity index (χ3n) is 8.23. The SMILES string of the molecule is C#C[C@]1(COC(=O)C(C)C)O[C@@H](n2cnc3c(NC(=O)CC(C)(C)c4c(C)cc(C)cc4OC(C)=O)nc(C)nc32)C[C@@H]1OC(=O)C(C)C. The average molecular weight is 676 g/mol. The normalized spacial score (nSPS) is 19.2. The Morgan fingerprint density at radius 3 is 2.39 bits per heavy atom. The number of aromatic nitrogens is 4. The maximum Gasteiger partial charge on any atom is 0.308 e. The van der Waals surface area contributed by atoms with E-state index in [1.54, 1.807) is 45.3 Å². The van der Waals surface area contributed by atoms with Gasteiger partial charge in [-0.3, -0.25) is 23.7 Å². The van der Waals surface area contributed by atoms with Gasteiger partial charge in [0.25, 0.3) is 0 Å². The summed E-state index contributed by atoms with van der Waals surface area (Å²) in [4.78, 5) is 64.0. The Kier molecular flexibility index (Phi) is 10.8. The summed E-state index contributed by atoms with van der Waals surface area (Å²) in [5, 5.41) is 2.89. The van der Waals surface area contributed by atoms with Gasteiger partial charge in [-0.05, 0) is 38.0 Å². The minimum absolute atomic E-state index is 0.0326. The topological polar surface area (TPSA) is 161 Å². The Labute approximate surface area is 286 Å². The zero-order valence-electron chi connectivity index (χ0n) is 29.8. The molecule has 0 radical (unpaired) electrons. The number of fused-ring (bicyclic) bond motifs is 1. The largest absolute Gasteiger partial charge is 0.461 e. The van der Waals surface area contributed by atoms with Crippen LogP contribution in [0.1, 0.15) is 90.1 Å². The first-order valence-corrected chi connectivity index (χ1v) is 16.2. The highest BCUT2D eigenvalue weighted by atomic mass is 16.6. The zero-order valence-corrected chi connectivity index (χ0v) is 29.8. The minimum Gasteiger partial charge on any atom is -0.461 e. The van der Waals surface area contributed by atoms with E-state index in [0.29, 0.717) is 22.7 Å². The lowest BCUT2D eigenvalue weighted by molar-refractivity contribution is -0.170. The molecule has 1 aromatic carbocycles. The van der Waals surface area contributed by atoms with Gasteiger partial charge in [-0.25, -0.2) is 15.0 Å². The summed E-state index contributed by atoms with van der Waals surface area (Å²) in [7, 11) is 0. The van der Waals surface area contributed by atoms with E-state index >= 15 is 0 Å². The van der Waals surface area contributed by atoms with Crippen LogP contribution >= 0.6 is 0 Å². The first kappa shape index (κ1) is 37.0. The number of imidazole rings is 1. The van der Waals surface area contributed by atoms with E-state index in [9.17, 15) is 19.2 Å². The molecule has 262 valence electrons. The summed E-state index contributed by atoms with van der Waals surface area (Å²) in [6, 6.07) is 3.77. The Hall–Kier alpha value is -4.83. The van der Waals surface area contributed by atoms with Crippen molar-refractivity contribution in [1.29, 1.82) is 0 Å². The minimum atomic E-state index is -1.57. The molecule has 1 amide bonds. The molecule has 3 atom stereocenters. The summed E-state index contributed by atoms with van der Waals surface area (Å²) in [5.74, 6) is 0.952. The number of aryl methyl sites for hydroxylation is 3. The molecule has 1 fully saturated rings. The number of carbonyl (C=O) groups excluding carboxylic acids is 4. The van der Waals surface area contributed by atoms with Crippen LogP contribution in [-0.2, 0) is 38.8 Å².